The first kappa shape index (κ1) is 16.2. The Hall–Kier alpha value is -1.71. The van der Waals surface area contributed by atoms with Gasteiger partial charge in [0.15, 0.2) is 5.78 Å². The number of Topliss-reactive ketones (excluding diaryl/α,β-unsaturated/α-hetero) is 1. The highest BCUT2D eigenvalue weighted by molar-refractivity contribution is 6.31. The molecule has 3 rings (SSSR count). The van der Waals surface area contributed by atoms with E-state index < -0.39 is 0 Å². The second-order valence-corrected chi connectivity index (χ2v) is 6.58. The number of carbonyl (C=O) groups excluding carboxylic acids is 1. The van der Waals surface area contributed by atoms with Gasteiger partial charge in [0, 0.05) is 53.2 Å². The van der Waals surface area contributed by atoms with Crippen LogP contribution in [0.3, 0.4) is 0 Å². The third-order valence-electron chi connectivity index (χ3n) is 4.11. The highest BCUT2D eigenvalue weighted by atomic mass is 35.5. The number of nitrogens with zero attached hydrogens (tertiary/aromatic N) is 2. The second-order valence-electron chi connectivity index (χ2n) is 5.71. The Balaban J connectivity index is 1.73. The summed E-state index contributed by atoms with van der Waals surface area (Å²) in [5.41, 5.74) is 2.81. The summed E-state index contributed by atoms with van der Waals surface area (Å²) < 4.78 is 0. The number of ketones is 1. The van der Waals surface area contributed by atoms with Gasteiger partial charge >= 0.3 is 0 Å². The van der Waals surface area contributed by atoms with E-state index in [4.69, 9.17) is 23.2 Å². The first-order chi connectivity index (χ1) is 11.0. The molecule has 0 spiro atoms. The summed E-state index contributed by atoms with van der Waals surface area (Å²) in [4.78, 5) is 16.2. The van der Waals surface area contributed by atoms with Crippen LogP contribution >= 0.6 is 23.2 Å². The molecule has 0 atom stereocenters. The number of halogens is 2. The predicted octanol–water partition coefficient (Wildman–Crippen LogP) is 4.52. The number of benzene rings is 2. The third kappa shape index (κ3) is 3.80. The monoisotopic (exact) mass is 348 g/mol. The van der Waals surface area contributed by atoms with Gasteiger partial charge in [-0.25, -0.2) is 0 Å². The van der Waals surface area contributed by atoms with Gasteiger partial charge in [-0.3, -0.25) is 4.79 Å². The minimum atomic E-state index is 0.0336. The van der Waals surface area contributed by atoms with Crippen molar-refractivity contribution < 1.29 is 4.79 Å². The molecule has 0 aliphatic carbocycles. The topological polar surface area (TPSA) is 23.6 Å². The van der Waals surface area contributed by atoms with Crippen molar-refractivity contribution in [1.29, 1.82) is 0 Å². The molecule has 2 aromatic carbocycles. The summed E-state index contributed by atoms with van der Waals surface area (Å²) in [7, 11) is 0. The van der Waals surface area contributed by atoms with Gasteiger partial charge in [0.2, 0.25) is 0 Å². The van der Waals surface area contributed by atoms with Crippen molar-refractivity contribution in [1.82, 2.24) is 0 Å². The molecule has 1 saturated heterocycles. The summed E-state index contributed by atoms with van der Waals surface area (Å²) in [6.07, 6.45) is 0. The quantitative estimate of drug-likeness (QED) is 0.761. The zero-order valence-corrected chi connectivity index (χ0v) is 14.4. The summed E-state index contributed by atoms with van der Waals surface area (Å²) in [5, 5.41) is 1.36. The predicted molar refractivity (Wildman–Crippen MR) is 97.3 cm³/mol. The van der Waals surface area contributed by atoms with Gasteiger partial charge in [-0.1, -0.05) is 29.3 Å². The fourth-order valence-corrected chi connectivity index (χ4v) is 3.27. The van der Waals surface area contributed by atoms with E-state index in [1.165, 1.54) is 0 Å². The van der Waals surface area contributed by atoms with Gasteiger partial charge in [-0.15, -0.1) is 0 Å². The summed E-state index contributed by atoms with van der Waals surface area (Å²) in [6.45, 7) is 5.13. The van der Waals surface area contributed by atoms with E-state index in [9.17, 15) is 4.79 Å². The lowest BCUT2D eigenvalue weighted by Gasteiger charge is -2.37. The van der Waals surface area contributed by atoms with Gasteiger partial charge in [-0.2, -0.15) is 0 Å². The number of hydrogen-bond acceptors (Lipinski definition) is 3. The van der Waals surface area contributed by atoms with E-state index in [0.717, 1.165) is 42.6 Å². The van der Waals surface area contributed by atoms with Crippen molar-refractivity contribution in [2.75, 3.05) is 36.0 Å². The van der Waals surface area contributed by atoms with Crippen LogP contribution in [0.15, 0.2) is 42.5 Å². The molecule has 0 bridgehead atoms. The average Bonchev–Trinajstić information content (AvgIpc) is 2.54. The molecular weight excluding hydrogens is 331 g/mol. The molecular formula is C18H18Cl2N2O. The van der Waals surface area contributed by atoms with Crippen LogP contribution in [0.4, 0.5) is 11.4 Å². The van der Waals surface area contributed by atoms with Gasteiger partial charge in [0.25, 0.3) is 0 Å². The molecule has 0 unspecified atom stereocenters. The van der Waals surface area contributed by atoms with Crippen LogP contribution in [0.25, 0.3) is 0 Å². The summed E-state index contributed by atoms with van der Waals surface area (Å²) >= 11 is 12.2. The van der Waals surface area contributed by atoms with Gasteiger partial charge < -0.3 is 9.80 Å². The summed E-state index contributed by atoms with van der Waals surface area (Å²) in [5.74, 6) is 0.0336. The molecule has 1 fully saturated rings. The Kier molecular flexibility index (Phi) is 4.79. The van der Waals surface area contributed by atoms with Crippen molar-refractivity contribution >= 4 is 40.4 Å². The summed E-state index contributed by atoms with van der Waals surface area (Å²) in [6, 6.07) is 13.5. The second kappa shape index (κ2) is 6.81. The molecule has 0 N–H and O–H groups in total. The van der Waals surface area contributed by atoms with Crippen LogP contribution in [0.5, 0.6) is 0 Å². The number of anilines is 2. The van der Waals surface area contributed by atoms with E-state index in [2.05, 4.69) is 15.9 Å². The fourth-order valence-electron chi connectivity index (χ4n) is 2.86. The molecule has 120 valence electrons. The maximum Gasteiger partial charge on any atom is 0.159 e. The maximum atomic E-state index is 11.6. The van der Waals surface area contributed by atoms with Crippen molar-refractivity contribution in [3.63, 3.8) is 0 Å². The maximum absolute atomic E-state index is 11.6. The van der Waals surface area contributed by atoms with Crippen LogP contribution in [0, 0.1) is 0 Å². The van der Waals surface area contributed by atoms with E-state index >= 15 is 0 Å². The van der Waals surface area contributed by atoms with Crippen molar-refractivity contribution in [2.24, 2.45) is 0 Å². The lowest BCUT2D eigenvalue weighted by molar-refractivity contribution is 0.101. The molecule has 0 radical (unpaired) electrons. The molecule has 5 heteroatoms. The lowest BCUT2D eigenvalue weighted by Crippen LogP contribution is -2.46. The molecule has 1 aliphatic heterocycles. The molecule has 23 heavy (non-hydrogen) atoms. The van der Waals surface area contributed by atoms with E-state index in [1.54, 1.807) is 13.0 Å². The highest BCUT2D eigenvalue weighted by Gasteiger charge is 2.18. The Morgan fingerprint density at radius 3 is 2.09 bits per heavy atom. The number of rotatable bonds is 3. The van der Waals surface area contributed by atoms with Crippen LogP contribution in [0.2, 0.25) is 10.0 Å². The Morgan fingerprint density at radius 2 is 1.48 bits per heavy atom. The molecule has 2 aromatic rings. The highest BCUT2D eigenvalue weighted by Crippen LogP contribution is 2.26. The first-order valence-corrected chi connectivity index (χ1v) is 8.35. The number of carbonyl (C=O) groups is 1. The average molecular weight is 349 g/mol. The van der Waals surface area contributed by atoms with E-state index in [-0.39, 0.29) is 5.78 Å². The fraction of sp³-hybridized carbons (Fsp3) is 0.278. The van der Waals surface area contributed by atoms with Crippen molar-refractivity contribution in [3.8, 4) is 0 Å². The largest absolute Gasteiger partial charge is 0.368 e. The zero-order valence-electron chi connectivity index (χ0n) is 12.9. The molecule has 0 saturated carbocycles. The number of hydrogen-bond donors (Lipinski definition) is 0. The van der Waals surface area contributed by atoms with E-state index in [0.29, 0.717) is 10.6 Å². The SMILES string of the molecule is CC(=O)c1cc(Cl)cc(N2CCN(c3cccc(Cl)c3)CC2)c1. The Bertz CT molecular complexity index is 725. The number of piperazine rings is 1. The van der Waals surface area contributed by atoms with Crippen molar-refractivity contribution in [3.05, 3.63) is 58.1 Å². The molecule has 1 aliphatic rings. The van der Waals surface area contributed by atoms with Gasteiger partial charge in [-0.05, 0) is 43.3 Å². The first-order valence-electron chi connectivity index (χ1n) is 7.60. The molecule has 3 nitrogen and oxygen atoms in total. The standard InChI is InChI=1S/C18H18Cl2N2O/c1-13(23)14-9-16(20)12-18(10-14)22-7-5-21(6-8-22)17-4-2-3-15(19)11-17/h2-4,9-12H,5-8H2,1H3. The van der Waals surface area contributed by atoms with E-state index in [1.807, 2.05) is 30.3 Å². The third-order valence-corrected chi connectivity index (χ3v) is 4.56. The normalized spacial score (nSPS) is 14.9. The molecule has 0 amide bonds. The van der Waals surface area contributed by atoms with Gasteiger partial charge in [0.1, 0.15) is 0 Å². The Labute approximate surface area is 146 Å². The minimum absolute atomic E-state index is 0.0336. The minimum Gasteiger partial charge on any atom is -0.368 e. The van der Waals surface area contributed by atoms with Crippen LogP contribution in [-0.2, 0) is 0 Å². The zero-order chi connectivity index (χ0) is 16.4. The smallest absolute Gasteiger partial charge is 0.159 e. The van der Waals surface area contributed by atoms with Gasteiger partial charge in [0.05, 0.1) is 0 Å². The lowest BCUT2D eigenvalue weighted by atomic mass is 10.1. The molecule has 1 heterocycles. The van der Waals surface area contributed by atoms with Crippen molar-refractivity contribution in [2.45, 2.75) is 6.92 Å². The van der Waals surface area contributed by atoms with Crippen LogP contribution in [0.1, 0.15) is 17.3 Å². The van der Waals surface area contributed by atoms with Crippen LogP contribution < -0.4 is 9.80 Å². The Morgan fingerprint density at radius 1 is 0.870 bits per heavy atom. The molecule has 0 aromatic heterocycles. The van der Waals surface area contributed by atoms with Crippen LogP contribution in [-0.4, -0.2) is 32.0 Å².